The van der Waals surface area contributed by atoms with Crippen LogP contribution in [0.1, 0.15) is 10.6 Å². The highest BCUT2D eigenvalue weighted by Crippen LogP contribution is 2.16. The Bertz CT molecular complexity index is 655. The van der Waals surface area contributed by atoms with Gasteiger partial charge in [-0.2, -0.15) is 5.10 Å². The zero-order chi connectivity index (χ0) is 11.7. The first-order valence-electron chi connectivity index (χ1n) is 5.07. The Hall–Kier alpha value is -2.63. The number of rotatable bonds is 2. The fourth-order valence-corrected chi connectivity index (χ4v) is 1.59. The van der Waals surface area contributed by atoms with Crippen molar-refractivity contribution in [3.63, 3.8) is 0 Å². The van der Waals surface area contributed by atoms with Crippen molar-refractivity contribution in [3.05, 3.63) is 42.6 Å². The van der Waals surface area contributed by atoms with Gasteiger partial charge in [0.15, 0.2) is 5.82 Å². The maximum Gasteiger partial charge on any atom is 0.291 e. The summed E-state index contributed by atoms with van der Waals surface area (Å²) >= 11 is 0. The molecule has 0 atom stereocenters. The molecule has 0 aliphatic rings. The number of nitrogens with one attached hydrogen (secondary N) is 3. The number of hydrogen-bond donors (Lipinski definition) is 3. The molecule has 3 rings (SSSR count). The summed E-state index contributed by atoms with van der Waals surface area (Å²) in [7, 11) is 0. The number of fused-ring (bicyclic) bond motifs is 1. The van der Waals surface area contributed by atoms with Gasteiger partial charge in [0.2, 0.25) is 0 Å². The van der Waals surface area contributed by atoms with Gasteiger partial charge in [0.1, 0.15) is 0 Å². The van der Waals surface area contributed by atoms with Crippen LogP contribution in [0.2, 0.25) is 0 Å². The molecule has 0 spiro atoms. The van der Waals surface area contributed by atoms with Gasteiger partial charge in [-0.15, -0.1) is 0 Å². The van der Waals surface area contributed by atoms with Crippen molar-refractivity contribution in [2.45, 2.75) is 0 Å². The lowest BCUT2D eigenvalue weighted by molar-refractivity contribution is 0.101. The van der Waals surface area contributed by atoms with E-state index in [0.29, 0.717) is 5.69 Å². The van der Waals surface area contributed by atoms with Crippen molar-refractivity contribution in [1.29, 1.82) is 0 Å². The van der Waals surface area contributed by atoms with Crippen molar-refractivity contribution in [3.8, 4) is 0 Å². The van der Waals surface area contributed by atoms with Gasteiger partial charge in [0.05, 0.1) is 11.7 Å². The Balaban J connectivity index is 1.87. The Kier molecular flexibility index (Phi) is 2.11. The van der Waals surface area contributed by atoms with Crippen LogP contribution in [-0.4, -0.2) is 26.1 Å². The molecule has 2 aromatic heterocycles. The molecule has 0 fully saturated rings. The molecule has 3 aromatic rings. The second-order valence-corrected chi connectivity index (χ2v) is 3.56. The second kappa shape index (κ2) is 3.75. The van der Waals surface area contributed by atoms with E-state index in [1.54, 1.807) is 12.4 Å². The average Bonchev–Trinajstić information content (AvgIpc) is 2.99. The topological polar surface area (TPSA) is 86.5 Å². The second-order valence-electron chi connectivity index (χ2n) is 3.56. The van der Waals surface area contributed by atoms with E-state index in [1.165, 1.54) is 6.20 Å². The number of carbonyl (C=O) groups is 1. The SMILES string of the molecule is O=C(Nc1ccc2cn[nH]c2c1)c1ncc[nH]1. The molecule has 1 amide bonds. The zero-order valence-corrected chi connectivity index (χ0v) is 8.77. The van der Waals surface area contributed by atoms with E-state index < -0.39 is 0 Å². The third-order valence-electron chi connectivity index (χ3n) is 2.41. The summed E-state index contributed by atoms with van der Waals surface area (Å²) in [5, 5.41) is 10.5. The maximum atomic E-state index is 11.7. The molecule has 0 radical (unpaired) electrons. The molecule has 1 aromatic carbocycles. The highest BCUT2D eigenvalue weighted by atomic mass is 16.2. The molecule has 0 saturated heterocycles. The summed E-state index contributed by atoms with van der Waals surface area (Å²) in [6, 6.07) is 5.53. The number of aromatic nitrogens is 4. The number of benzene rings is 1. The molecule has 0 aliphatic heterocycles. The van der Waals surface area contributed by atoms with Crippen molar-refractivity contribution in [2.75, 3.05) is 5.32 Å². The van der Waals surface area contributed by atoms with Crippen molar-refractivity contribution in [2.24, 2.45) is 0 Å². The molecular weight excluding hydrogens is 218 g/mol. The fourth-order valence-electron chi connectivity index (χ4n) is 1.59. The lowest BCUT2D eigenvalue weighted by Crippen LogP contribution is -2.13. The van der Waals surface area contributed by atoms with E-state index in [2.05, 4.69) is 25.5 Å². The van der Waals surface area contributed by atoms with Crippen LogP contribution in [0.25, 0.3) is 10.9 Å². The number of anilines is 1. The standard InChI is InChI=1S/C11H9N5O/c17-11(10-12-3-4-13-10)15-8-2-1-7-6-14-16-9(7)5-8/h1-6H,(H,12,13)(H,14,16)(H,15,17). The number of aromatic amines is 2. The molecule has 6 nitrogen and oxygen atoms in total. The van der Waals surface area contributed by atoms with Gasteiger partial charge >= 0.3 is 0 Å². The molecule has 84 valence electrons. The summed E-state index contributed by atoms with van der Waals surface area (Å²) in [6.07, 6.45) is 4.87. The molecule has 3 N–H and O–H groups in total. The van der Waals surface area contributed by atoms with Crippen LogP contribution >= 0.6 is 0 Å². The van der Waals surface area contributed by atoms with Crippen LogP contribution in [0.5, 0.6) is 0 Å². The molecule has 6 heteroatoms. The average molecular weight is 227 g/mol. The van der Waals surface area contributed by atoms with Crippen LogP contribution in [-0.2, 0) is 0 Å². The highest BCUT2D eigenvalue weighted by molar-refractivity contribution is 6.02. The number of H-pyrrole nitrogens is 2. The van der Waals surface area contributed by atoms with Gasteiger partial charge in [-0.1, -0.05) is 0 Å². The van der Waals surface area contributed by atoms with Gasteiger partial charge in [-0.3, -0.25) is 9.89 Å². The lowest BCUT2D eigenvalue weighted by Gasteiger charge is -2.02. The van der Waals surface area contributed by atoms with E-state index in [1.807, 2.05) is 18.2 Å². The van der Waals surface area contributed by atoms with E-state index >= 15 is 0 Å². The number of imidazole rings is 1. The molecule has 0 unspecified atom stereocenters. The van der Waals surface area contributed by atoms with E-state index in [0.717, 1.165) is 10.9 Å². The van der Waals surface area contributed by atoms with Crippen molar-refractivity contribution in [1.82, 2.24) is 20.2 Å². The summed E-state index contributed by atoms with van der Waals surface area (Å²) < 4.78 is 0. The first kappa shape index (κ1) is 9.59. The molecule has 17 heavy (non-hydrogen) atoms. The maximum absolute atomic E-state index is 11.7. The summed E-state index contributed by atoms with van der Waals surface area (Å²) in [6.45, 7) is 0. The molecule has 2 heterocycles. The minimum absolute atomic E-state index is 0.270. The van der Waals surface area contributed by atoms with Crippen LogP contribution in [0, 0.1) is 0 Å². The smallest absolute Gasteiger partial charge is 0.291 e. The third kappa shape index (κ3) is 1.76. The van der Waals surface area contributed by atoms with Gasteiger partial charge in [0.25, 0.3) is 5.91 Å². The number of carbonyl (C=O) groups excluding carboxylic acids is 1. The molecule has 0 bridgehead atoms. The monoisotopic (exact) mass is 227 g/mol. The quantitative estimate of drug-likeness (QED) is 0.620. The Morgan fingerprint density at radius 1 is 1.35 bits per heavy atom. The van der Waals surface area contributed by atoms with Crippen molar-refractivity contribution >= 4 is 22.5 Å². The van der Waals surface area contributed by atoms with Gasteiger partial charge < -0.3 is 10.3 Å². The predicted octanol–water partition coefficient (Wildman–Crippen LogP) is 1.54. The molecule has 0 aliphatic carbocycles. The normalized spacial score (nSPS) is 10.6. The van der Waals surface area contributed by atoms with Crippen LogP contribution in [0.4, 0.5) is 5.69 Å². The zero-order valence-electron chi connectivity index (χ0n) is 8.77. The fraction of sp³-hybridized carbons (Fsp3) is 0. The first-order valence-corrected chi connectivity index (χ1v) is 5.07. The van der Waals surface area contributed by atoms with E-state index in [4.69, 9.17) is 0 Å². The van der Waals surface area contributed by atoms with Crippen LogP contribution < -0.4 is 5.32 Å². The Morgan fingerprint density at radius 2 is 2.29 bits per heavy atom. The van der Waals surface area contributed by atoms with Gasteiger partial charge in [0, 0.05) is 23.5 Å². The number of hydrogen-bond acceptors (Lipinski definition) is 3. The van der Waals surface area contributed by atoms with Crippen LogP contribution in [0.15, 0.2) is 36.8 Å². The first-order chi connectivity index (χ1) is 8.33. The largest absolute Gasteiger partial charge is 0.341 e. The number of nitrogens with zero attached hydrogens (tertiary/aromatic N) is 2. The summed E-state index contributed by atoms with van der Waals surface area (Å²) in [5.41, 5.74) is 1.57. The third-order valence-corrected chi connectivity index (χ3v) is 2.41. The predicted molar refractivity (Wildman–Crippen MR) is 62.6 cm³/mol. The van der Waals surface area contributed by atoms with Crippen molar-refractivity contribution < 1.29 is 4.79 Å². The summed E-state index contributed by atoms with van der Waals surface area (Å²) in [4.78, 5) is 18.3. The van der Waals surface area contributed by atoms with Gasteiger partial charge in [-0.25, -0.2) is 4.98 Å². The number of amides is 1. The highest BCUT2D eigenvalue weighted by Gasteiger charge is 2.08. The van der Waals surface area contributed by atoms with Crippen LogP contribution in [0.3, 0.4) is 0 Å². The lowest BCUT2D eigenvalue weighted by atomic mass is 10.2. The van der Waals surface area contributed by atoms with Gasteiger partial charge in [-0.05, 0) is 18.2 Å². The Labute approximate surface area is 96.1 Å². The summed E-state index contributed by atoms with van der Waals surface area (Å²) in [5.74, 6) is 0.0172. The molecule has 0 saturated carbocycles. The Morgan fingerprint density at radius 3 is 3.12 bits per heavy atom. The minimum atomic E-state index is -0.270. The minimum Gasteiger partial charge on any atom is -0.341 e. The van der Waals surface area contributed by atoms with E-state index in [-0.39, 0.29) is 11.7 Å². The van der Waals surface area contributed by atoms with E-state index in [9.17, 15) is 4.79 Å². The molecular formula is C11H9N5O.